The van der Waals surface area contributed by atoms with E-state index in [0.29, 0.717) is 4.90 Å². The Balaban J connectivity index is 1.71. The van der Waals surface area contributed by atoms with Gasteiger partial charge in [-0.1, -0.05) is 46.4 Å². The van der Waals surface area contributed by atoms with E-state index < -0.39 is 42.5 Å². The number of Topliss-reactive ketones (excluding diaryl/α,β-unsaturated/α-hetero) is 1. The predicted octanol–water partition coefficient (Wildman–Crippen LogP) is 4.46. The quantitative estimate of drug-likeness (QED) is 0.208. The van der Waals surface area contributed by atoms with Gasteiger partial charge in [-0.3, -0.25) is 24.1 Å². The highest BCUT2D eigenvalue weighted by Gasteiger charge is 2.42. The summed E-state index contributed by atoms with van der Waals surface area (Å²) in [5, 5.41) is -0.936. The van der Waals surface area contributed by atoms with Crippen molar-refractivity contribution in [3.63, 3.8) is 0 Å². The fourth-order valence-corrected chi connectivity index (χ4v) is 3.59. The highest BCUT2D eigenvalue weighted by molar-refractivity contribution is 6.55. The molecule has 1 aliphatic rings. The number of benzene rings is 2. The van der Waals surface area contributed by atoms with Crippen molar-refractivity contribution < 1.29 is 28.3 Å². The van der Waals surface area contributed by atoms with Crippen LogP contribution in [0.25, 0.3) is 0 Å². The lowest BCUT2D eigenvalue weighted by molar-refractivity contribution is -0.142. The number of rotatable bonds is 5. The SMILES string of the molecule is O=C(CN1C(=O)c2c(Cl)c(Cl)c(Cl)c(Cl)c2C1=O)OCC(=O)c1ccc(F)cc1. The van der Waals surface area contributed by atoms with E-state index >= 15 is 0 Å². The summed E-state index contributed by atoms with van der Waals surface area (Å²) in [4.78, 5) is 49.6. The molecule has 0 N–H and O–H groups in total. The van der Waals surface area contributed by atoms with E-state index in [4.69, 9.17) is 51.1 Å². The zero-order valence-electron chi connectivity index (χ0n) is 14.1. The lowest BCUT2D eigenvalue weighted by Crippen LogP contribution is -2.36. The highest BCUT2D eigenvalue weighted by atomic mass is 35.5. The first-order valence-electron chi connectivity index (χ1n) is 7.80. The molecule has 0 saturated carbocycles. The van der Waals surface area contributed by atoms with Crippen LogP contribution in [-0.2, 0) is 9.53 Å². The topological polar surface area (TPSA) is 80.8 Å². The fraction of sp³-hybridized carbons (Fsp3) is 0.111. The zero-order valence-corrected chi connectivity index (χ0v) is 17.1. The van der Waals surface area contributed by atoms with Crippen LogP contribution >= 0.6 is 46.4 Å². The number of halogens is 5. The molecule has 0 unspecified atom stereocenters. The summed E-state index contributed by atoms with van der Waals surface area (Å²) in [5.41, 5.74) is -0.416. The van der Waals surface area contributed by atoms with Gasteiger partial charge in [0.25, 0.3) is 11.8 Å². The van der Waals surface area contributed by atoms with Crippen molar-refractivity contribution in [3.8, 4) is 0 Å². The third kappa shape index (κ3) is 3.96. The Hall–Kier alpha value is -2.19. The highest BCUT2D eigenvalue weighted by Crippen LogP contribution is 2.44. The van der Waals surface area contributed by atoms with Crippen LogP contribution in [0.15, 0.2) is 24.3 Å². The van der Waals surface area contributed by atoms with E-state index in [-0.39, 0.29) is 36.8 Å². The molecule has 2 aromatic rings. The van der Waals surface area contributed by atoms with Gasteiger partial charge in [-0.2, -0.15) is 0 Å². The Morgan fingerprint density at radius 2 is 1.34 bits per heavy atom. The van der Waals surface area contributed by atoms with Crippen LogP contribution in [0.1, 0.15) is 31.1 Å². The smallest absolute Gasteiger partial charge is 0.326 e. The maximum Gasteiger partial charge on any atom is 0.326 e. The van der Waals surface area contributed by atoms with Crippen molar-refractivity contribution in [2.24, 2.45) is 0 Å². The minimum atomic E-state index is -1.03. The number of ketones is 1. The number of nitrogens with zero attached hydrogens (tertiary/aromatic N) is 1. The van der Waals surface area contributed by atoms with Crippen molar-refractivity contribution >= 4 is 70.0 Å². The van der Waals surface area contributed by atoms with Crippen molar-refractivity contribution in [1.82, 2.24) is 4.90 Å². The van der Waals surface area contributed by atoms with Crippen molar-refractivity contribution in [3.05, 3.63) is 66.9 Å². The molecule has 150 valence electrons. The second kappa shape index (κ2) is 8.28. The van der Waals surface area contributed by atoms with Crippen LogP contribution < -0.4 is 0 Å². The molecule has 0 fully saturated rings. The molecular weight excluding hydrogens is 471 g/mol. The third-order valence-electron chi connectivity index (χ3n) is 4.00. The van der Waals surface area contributed by atoms with Gasteiger partial charge >= 0.3 is 5.97 Å². The minimum Gasteiger partial charge on any atom is -0.456 e. The maximum absolute atomic E-state index is 12.9. The molecule has 6 nitrogen and oxygen atoms in total. The van der Waals surface area contributed by atoms with Gasteiger partial charge in [-0.05, 0) is 24.3 Å². The number of hydrogen-bond donors (Lipinski definition) is 0. The van der Waals surface area contributed by atoms with Crippen LogP contribution in [0.3, 0.4) is 0 Å². The standard InChI is InChI=1S/C18H8Cl4FNO5/c19-13-11-12(14(20)16(22)15(13)21)18(28)24(17(11)27)5-10(26)29-6-9(25)7-1-3-8(23)4-2-7/h1-4H,5-6H2. The summed E-state index contributed by atoms with van der Waals surface area (Å²) in [7, 11) is 0. The molecule has 0 saturated heterocycles. The Labute approximate surface area is 183 Å². The number of fused-ring (bicyclic) bond motifs is 1. The molecule has 0 bridgehead atoms. The van der Waals surface area contributed by atoms with E-state index in [2.05, 4.69) is 0 Å². The van der Waals surface area contributed by atoms with Crippen LogP contribution in [0, 0.1) is 5.82 Å². The fourth-order valence-electron chi connectivity index (χ4n) is 2.58. The van der Waals surface area contributed by atoms with E-state index in [1.54, 1.807) is 0 Å². The second-order valence-electron chi connectivity index (χ2n) is 5.79. The van der Waals surface area contributed by atoms with Crippen molar-refractivity contribution in [2.45, 2.75) is 0 Å². The van der Waals surface area contributed by atoms with Crippen LogP contribution in [-0.4, -0.2) is 41.6 Å². The first-order valence-corrected chi connectivity index (χ1v) is 9.31. The lowest BCUT2D eigenvalue weighted by Gasteiger charge is -2.13. The molecule has 0 aromatic heterocycles. The zero-order chi connectivity index (χ0) is 21.5. The minimum absolute atomic E-state index is 0.128. The van der Waals surface area contributed by atoms with Crippen molar-refractivity contribution in [2.75, 3.05) is 13.2 Å². The predicted molar refractivity (Wildman–Crippen MR) is 104 cm³/mol. The Bertz CT molecular complexity index is 1020. The lowest BCUT2D eigenvalue weighted by atomic mass is 10.1. The Morgan fingerprint density at radius 1 is 0.862 bits per heavy atom. The number of esters is 1. The molecule has 3 rings (SSSR count). The molecule has 29 heavy (non-hydrogen) atoms. The summed E-state index contributed by atoms with van der Waals surface area (Å²) >= 11 is 23.8. The van der Waals surface area contributed by atoms with Gasteiger partial charge in [0.1, 0.15) is 12.4 Å². The van der Waals surface area contributed by atoms with Crippen LogP contribution in [0.2, 0.25) is 20.1 Å². The summed E-state index contributed by atoms with van der Waals surface area (Å²) in [6, 6.07) is 4.62. The number of amides is 2. The van der Waals surface area contributed by atoms with E-state index in [1.807, 2.05) is 0 Å². The summed E-state index contributed by atoms with van der Waals surface area (Å²) in [5.74, 6) is -3.96. The number of ether oxygens (including phenoxy) is 1. The molecule has 0 radical (unpaired) electrons. The molecule has 0 spiro atoms. The number of imide groups is 1. The Kier molecular flexibility index (Phi) is 6.14. The van der Waals surface area contributed by atoms with Gasteiger partial charge in [-0.15, -0.1) is 0 Å². The molecule has 1 aliphatic heterocycles. The summed E-state index contributed by atoms with van der Waals surface area (Å²) < 4.78 is 17.7. The second-order valence-corrected chi connectivity index (χ2v) is 7.30. The van der Waals surface area contributed by atoms with Gasteiger partial charge in [-0.25, -0.2) is 4.39 Å². The van der Waals surface area contributed by atoms with Crippen molar-refractivity contribution in [1.29, 1.82) is 0 Å². The monoisotopic (exact) mass is 477 g/mol. The largest absolute Gasteiger partial charge is 0.456 e. The molecular formula is C18H8Cl4FNO5. The molecule has 11 heteroatoms. The summed E-state index contributed by atoms with van der Waals surface area (Å²) in [6.45, 7) is -1.45. The average Bonchev–Trinajstić information content (AvgIpc) is 2.94. The number of carbonyl (C=O) groups is 4. The van der Waals surface area contributed by atoms with E-state index in [0.717, 1.165) is 12.1 Å². The third-order valence-corrected chi connectivity index (χ3v) is 5.80. The van der Waals surface area contributed by atoms with Gasteiger partial charge in [0.15, 0.2) is 12.4 Å². The molecule has 0 atom stereocenters. The average molecular weight is 479 g/mol. The first-order chi connectivity index (χ1) is 13.6. The Morgan fingerprint density at radius 3 is 1.83 bits per heavy atom. The van der Waals surface area contributed by atoms with Gasteiger partial charge in [0.2, 0.25) is 0 Å². The number of carbonyl (C=O) groups excluding carboxylic acids is 4. The molecule has 2 aromatic carbocycles. The summed E-state index contributed by atoms with van der Waals surface area (Å²) in [6.07, 6.45) is 0. The molecule has 1 heterocycles. The normalized spacial score (nSPS) is 12.9. The van der Waals surface area contributed by atoms with Crippen LogP contribution in [0.5, 0.6) is 0 Å². The molecule has 2 amide bonds. The molecule has 0 aliphatic carbocycles. The van der Waals surface area contributed by atoms with E-state index in [1.165, 1.54) is 12.1 Å². The number of hydrogen-bond acceptors (Lipinski definition) is 5. The van der Waals surface area contributed by atoms with Gasteiger partial charge in [0, 0.05) is 5.56 Å². The van der Waals surface area contributed by atoms with E-state index in [9.17, 15) is 23.6 Å². The van der Waals surface area contributed by atoms with Gasteiger partial charge < -0.3 is 4.74 Å². The maximum atomic E-state index is 12.9. The van der Waals surface area contributed by atoms with Gasteiger partial charge in [0.05, 0.1) is 31.2 Å². The first kappa shape index (κ1) is 21.5. The van der Waals surface area contributed by atoms with Crippen LogP contribution in [0.4, 0.5) is 4.39 Å².